The number of hydrogen-bond acceptors (Lipinski definition) is 8. The Morgan fingerprint density at radius 2 is 1.68 bits per heavy atom. The maximum absolute atomic E-state index is 12.7. The van der Waals surface area contributed by atoms with E-state index in [0.29, 0.717) is 18.0 Å². The van der Waals surface area contributed by atoms with Gasteiger partial charge >= 0.3 is 5.97 Å². The average molecular weight is 534 g/mol. The summed E-state index contributed by atoms with van der Waals surface area (Å²) in [4.78, 5) is 39.2. The van der Waals surface area contributed by atoms with E-state index in [-0.39, 0.29) is 28.7 Å². The normalized spacial score (nSPS) is 14.4. The van der Waals surface area contributed by atoms with Crippen molar-refractivity contribution < 1.29 is 37.0 Å². The van der Waals surface area contributed by atoms with Crippen molar-refractivity contribution in [3.8, 4) is 11.5 Å². The Hall–Kier alpha value is -3.64. The first-order valence-corrected chi connectivity index (χ1v) is 13.4. The van der Waals surface area contributed by atoms with Crippen LogP contribution in [0.3, 0.4) is 0 Å². The summed E-state index contributed by atoms with van der Waals surface area (Å²) in [5, 5.41) is 7.60. The maximum Gasteiger partial charge on any atom is 0.339 e. The van der Waals surface area contributed by atoms with Crippen LogP contribution >= 0.6 is 0 Å². The highest BCUT2D eigenvalue weighted by molar-refractivity contribution is 7.89. The van der Waals surface area contributed by atoms with Crippen LogP contribution in [-0.4, -0.2) is 63.5 Å². The molecular weight excluding hydrogens is 502 g/mol. The lowest BCUT2D eigenvalue weighted by atomic mass is 10.1. The molecule has 11 nitrogen and oxygen atoms in total. The second-order valence-corrected chi connectivity index (χ2v) is 9.99. The average Bonchev–Trinajstić information content (AvgIpc) is 2.88. The fourth-order valence-electron chi connectivity index (χ4n) is 3.65. The number of rotatable bonds is 10. The van der Waals surface area contributed by atoms with Crippen molar-refractivity contribution in [1.82, 2.24) is 4.90 Å². The highest BCUT2D eigenvalue weighted by Gasteiger charge is 2.22. The van der Waals surface area contributed by atoms with Gasteiger partial charge < -0.3 is 24.4 Å². The smallest absolute Gasteiger partial charge is 0.339 e. The van der Waals surface area contributed by atoms with Crippen molar-refractivity contribution in [1.29, 1.82) is 0 Å². The predicted molar refractivity (Wildman–Crippen MR) is 135 cm³/mol. The molecule has 2 aromatic rings. The predicted octanol–water partition coefficient (Wildman–Crippen LogP) is 2.31. The highest BCUT2D eigenvalue weighted by atomic mass is 32.2. The number of nitrogens with zero attached hydrogens (tertiary/aromatic N) is 1. The lowest BCUT2D eigenvalue weighted by Crippen LogP contribution is -2.38. The highest BCUT2D eigenvalue weighted by Crippen LogP contribution is 2.29. The van der Waals surface area contributed by atoms with Gasteiger partial charge in [-0.15, -0.1) is 0 Å². The van der Waals surface area contributed by atoms with Crippen LogP contribution < -0.4 is 19.9 Å². The molecule has 1 aliphatic rings. The number of likely N-dealkylation sites (tertiary alicyclic amines) is 1. The molecule has 0 saturated carbocycles. The molecule has 1 heterocycles. The van der Waals surface area contributed by atoms with Crippen LogP contribution in [0, 0.1) is 0 Å². The number of benzene rings is 2. The van der Waals surface area contributed by atoms with E-state index in [9.17, 15) is 22.8 Å². The largest absolute Gasteiger partial charge is 0.490 e. The van der Waals surface area contributed by atoms with E-state index in [1.807, 2.05) is 0 Å². The number of nitrogens with one attached hydrogen (secondary N) is 1. The van der Waals surface area contributed by atoms with Crippen LogP contribution in [0.5, 0.6) is 11.5 Å². The van der Waals surface area contributed by atoms with Gasteiger partial charge in [-0.05, 0) is 75.6 Å². The minimum absolute atomic E-state index is 0.0987. The molecule has 1 fully saturated rings. The van der Waals surface area contributed by atoms with Crippen molar-refractivity contribution in [3.05, 3.63) is 48.0 Å². The fraction of sp³-hybridized carbons (Fsp3) is 0.400. The molecule has 0 radical (unpaired) electrons. The van der Waals surface area contributed by atoms with E-state index in [0.717, 1.165) is 32.4 Å². The number of anilines is 1. The third kappa shape index (κ3) is 7.92. The molecule has 200 valence electrons. The van der Waals surface area contributed by atoms with E-state index in [4.69, 9.17) is 19.3 Å². The zero-order chi connectivity index (χ0) is 27.0. The van der Waals surface area contributed by atoms with Crippen molar-refractivity contribution in [2.45, 2.75) is 44.1 Å². The Balaban J connectivity index is 1.60. The lowest BCUT2D eigenvalue weighted by molar-refractivity contribution is -0.134. The molecule has 3 N–H and O–H groups in total. The monoisotopic (exact) mass is 533 g/mol. The summed E-state index contributed by atoms with van der Waals surface area (Å²) in [6, 6.07) is 9.65. The van der Waals surface area contributed by atoms with Crippen LogP contribution in [-0.2, 0) is 24.3 Å². The van der Waals surface area contributed by atoms with Crippen LogP contribution in [0.4, 0.5) is 5.69 Å². The van der Waals surface area contributed by atoms with Crippen LogP contribution in [0.1, 0.15) is 43.5 Å². The molecule has 0 spiro atoms. The van der Waals surface area contributed by atoms with Crippen molar-refractivity contribution in [3.63, 3.8) is 0 Å². The molecule has 37 heavy (non-hydrogen) atoms. The SMILES string of the molecule is CCOc1cc(C(=O)O[C@@H](C)C(=O)Nc2ccc(S(N)(=O)=O)cc2)ccc1OCC(=O)N1CCCCC1. The zero-order valence-electron chi connectivity index (χ0n) is 20.8. The summed E-state index contributed by atoms with van der Waals surface area (Å²) in [5.41, 5.74) is 0.440. The molecule has 1 saturated heterocycles. The number of sulfonamides is 1. The molecule has 1 aliphatic heterocycles. The first-order chi connectivity index (χ1) is 17.6. The topological polar surface area (TPSA) is 154 Å². The van der Waals surface area contributed by atoms with Gasteiger partial charge in [-0.2, -0.15) is 0 Å². The number of piperidine rings is 1. The van der Waals surface area contributed by atoms with Gasteiger partial charge in [0.2, 0.25) is 10.0 Å². The Kier molecular flexibility index (Phi) is 9.48. The summed E-state index contributed by atoms with van der Waals surface area (Å²) in [5.74, 6) is -0.889. The Labute approximate surface area is 215 Å². The van der Waals surface area contributed by atoms with Crippen LogP contribution in [0.15, 0.2) is 47.4 Å². The van der Waals surface area contributed by atoms with Gasteiger partial charge in [-0.3, -0.25) is 9.59 Å². The summed E-state index contributed by atoms with van der Waals surface area (Å²) in [7, 11) is -3.86. The van der Waals surface area contributed by atoms with Crippen molar-refractivity contribution >= 4 is 33.5 Å². The van der Waals surface area contributed by atoms with Gasteiger partial charge in [0.15, 0.2) is 24.2 Å². The molecule has 3 rings (SSSR count). The van der Waals surface area contributed by atoms with E-state index in [2.05, 4.69) is 5.32 Å². The fourth-order valence-corrected chi connectivity index (χ4v) is 4.17. The molecule has 0 bridgehead atoms. The third-order valence-corrected chi connectivity index (χ3v) is 6.57. The van der Waals surface area contributed by atoms with Gasteiger partial charge in [0, 0.05) is 18.8 Å². The van der Waals surface area contributed by atoms with Crippen LogP contribution in [0.25, 0.3) is 0 Å². The molecule has 0 aliphatic carbocycles. The molecular formula is C25H31N3O8S. The maximum atomic E-state index is 12.7. The Morgan fingerprint density at radius 3 is 2.30 bits per heavy atom. The van der Waals surface area contributed by atoms with E-state index in [1.54, 1.807) is 11.8 Å². The summed E-state index contributed by atoms with van der Waals surface area (Å²) in [6.45, 7) is 4.78. The first-order valence-electron chi connectivity index (χ1n) is 11.9. The van der Waals surface area contributed by atoms with E-state index < -0.39 is 28.0 Å². The molecule has 2 aromatic carbocycles. The van der Waals surface area contributed by atoms with Crippen molar-refractivity contribution in [2.24, 2.45) is 5.14 Å². The molecule has 0 unspecified atom stereocenters. The Morgan fingerprint density at radius 1 is 1.00 bits per heavy atom. The molecule has 0 aromatic heterocycles. The minimum atomic E-state index is -3.86. The number of carbonyl (C=O) groups excluding carboxylic acids is 3. The summed E-state index contributed by atoms with van der Waals surface area (Å²) >= 11 is 0. The number of esters is 1. The quantitative estimate of drug-likeness (QED) is 0.441. The lowest BCUT2D eigenvalue weighted by Gasteiger charge is -2.26. The number of amides is 2. The second-order valence-electron chi connectivity index (χ2n) is 8.43. The number of nitrogens with two attached hydrogens (primary N) is 1. The molecule has 12 heteroatoms. The molecule has 1 atom stereocenters. The Bertz CT molecular complexity index is 1220. The van der Waals surface area contributed by atoms with Gasteiger partial charge in [-0.25, -0.2) is 18.4 Å². The standard InChI is InChI=1S/C25H31N3O8S/c1-3-34-22-15-18(7-12-21(22)35-16-23(29)28-13-5-4-6-14-28)25(31)36-17(2)24(30)27-19-8-10-20(11-9-19)37(26,32)33/h7-12,15,17H,3-6,13-14,16H2,1-2H3,(H,27,30)(H2,26,32,33)/t17-/m0/s1. The van der Waals surface area contributed by atoms with Gasteiger partial charge in [0.25, 0.3) is 11.8 Å². The van der Waals surface area contributed by atoms with E-state index in [1.165, 1.54) is 49.4 Å². The summed E-state index contributed by atoms with van der Waals surface area (Å²) < 4.78 is 39.2. The molecule has 2 amide bonds. The second kappa shape index (κ2) is 12.5. The van der Waals surface area contributed by atoms with Gasteiger partial charge in [0.05, 0.1) is 17.1 Å². The minimum Gasteiger partial charge on any atom is -0.490 e. The number of primary sulfonamides is 1. The first kappa shape index (κ1) is 27.9. The third-order valence-electron chi connectivity index (χ3n) is 5.64. The van der Waals surface area contributed by atoms with Crippen LogP contribution in [0.2, 0.25) is 0 Å². The van der Waals surface area contributed by atoms with E-state index >= 15 is 0 Å². The van der Waals surface area contributed by atoms with Crippen molar-refractivity contribution in [2.75, 3.05) is 31.6 Å². The zero-order valence-corrected chi connectivity index (χ0v) is 21.6. The summed E-state index contributed by atoms with van der Waals surface area (Å²) in [6.07, 6.45) is 1.92. The number of ether oxygens (including phenoxy) is 3. The number of hydrogen-bond donors (Lipinski definition) is 2. The van der Waals surface area contributed by atoms with Gasteiger partial charge in [0.1, 0.15) is 0 Å². The number of carbonyl (C=O) groups is 3. The van der Waals surface area contributed by atoms with Gasteiger partial charge in [-0.1, -0.05) is 0 Å².